The summed E-state index contributed by atoms with van der Waals surface area (Å²) in [5, 5.41) is 2.33. The minimum Gasteiger partial charge on any atom is -0.443 e. The van der Waals surface area contributed by atoms with E-state index >= 15 is 0 Å². The lowest BCUT2D eigenvalue weighted by atomic mass is 9.96. The second-order valence-corrected chi connectivity index (χ2v) is 11.4. The Hall–Kier alpha value is -3.26. The monoisotopic (exact) mass is 565 g/mol. The quantitative estimate of drug-likeness (QED) is 0.290. The van der Waals surface area contributed by atoms with E-state index in [2.05, 4.69) is 0 Å². The predicted molar refractivity (Wildman–Crippen MR) is 151 cm³/mol. The number of ether oxygens (including phenoxy) is 2. The number of alkyl halides is 2. The van der Waals surface area contributed by atoms with E-state index in [1.54, 1.807) is 72.7 Å². The fourth-order valence-electron chi connectivity index (χ4n) is 3.17. The molecule has 2 aromatic carbocycles. The van der Waals surface area contributed by atoms with Crippen LogP contribution < -0.4 is 5.32 Å². The maximum atomic E-state index is 14.1. The van der Waals surface area contributed by atoms with Crippen LogP contribution in [0.3, 0.4) is 0 Å². The molecule has 0 fully saturated rings. The van der Waals surface area contributed by atoms with Crippen LogP contribution in [0.25, 0.3) is 5.57 Å². The lowest BCUT2D eigenvalue weighted by molar-refractivity contribution is 0.0353. The molecule has 2 aromatic rings. The second-order valence-electron chi connectivity index (χ2n) is 11.0. The molecule has 0 heterocycles. The van der Waals surface area contributed by atoms with Gasteiger partial charge in [-0.1, -0.05) is 48.9 Å². The van der Waals surface area contributed by atoms with Crippen molar-refractivity contribution in [2.75, 3.05) is 0 Å². The molecular formula is C30H38ClF2NO5. The number of amides is 2. The Balaban J connectivity index is 0.000000439. The van der Waals surface area contributed by atoms with E-state index < -0.39 is 35.1 Å². The zero-order valence-electron chi connectivity index (χ0n) is 24.0. The largest absolute Gasteiger partial charge is 0.443 e. The number of aryl methyl sites for hydroxylation is 2. The third kappa shape index (κ3) is 13.4. The first kappa shape index (κ1) is 33.8. The Morgan fingerprint density at radius 3 is 1.72 bits per heavy atom. The molecule has 0 atom stereocenters. The van der Waals surface area contributed by atoms with Gasteiger partial charge in [-0.15, -0.1) is 0 Å². The Kier molecular flexibility index (Phi) is 11.9. The van der Waals surface area contributed by atoms with Crippen LogP contribution in [-0.4, -0.2) is 35.1 Å². The summed E-state index contributed by atoms with van der Waals surface area (Å²) >= 11 is 5.97. The molecule has 0 saturated heterocycles. The molecule has 1 N–H and O–H groups in total. The molecular weight excluding hydrogens is 528 g/mol. The first-order valence-corrected chi connectivity index (χ1v) is 12.8. The number of benzene rings is 2. The third-order valence-electron chi connectivity index (χ3n) is 4.75. The Morgan fingerprint density at radius 1 is 0.846 bits per heavy atom. The summed E-state index contributed by atoms with van der Waals surface area (Å²) in [6.07, 6.45) is 0.240. The van der Waals surface area contributed by atoms with Gasteiger partial charge in [-0.3, -0.25) is 4.79 Å². The van der Waals surface area contributed by atoms with Gasteiger partial charge < -0.3 is 9.47 Å². The lowest BCUT2D eigenvalue weighted by Gasteiger charge is -2.21. The average molecular weight is 566 g/mol. The Morgan fingerprint density at radius 2 is 1.33 bits per heavy atom. The normalized spacial score (nSPS) is 12.2. The predicted octanol–water partition coefficient (Wildman–Crippen LogP) is 8.58. The van der Waals surface area contributed by atoms with Crippen molar-refractivity contribution >= 4 is 35.1 Å². The zero-order valence-corrected chi connectivity index (χ0v) is 24.8. The molecule has 9 heteroatoms. The van der Waals surface area contributed by atoms with Gasteiger partial charge in [0, 0.05) is 23.1 Å². The molecule has 6 nitrogen and oxygen atoms in total. The zero-order chi connectivity index (χ0) is 30.2. The van der Waals surface area contributed by atoms with E-state index in [1.165, 1.54) is 6.07 Å². The fourth-order valence-corrected chi connectivity index (χ4v) is 3.45. The van der Waals surface area contributed by atoms with E-state index in [0.717, 1.165) is 30.5 Å². The lowest BCUT2D eigenvalue weighted by Crippen LogP contribution is -2.39. The molecule has 0 saturated carbocycles. The number of alkyl carbamates (subject to hydrolysis) is 2. The van der Waals surface area contributed by atoms with Gasteiger partial charge in [0.05, 0.1) is 0 Å². The maximum absolute atomic E-state index is 14.1. The average Bonchev–Trinajstić information content (AvgIpc) is 2.73. The molecule has 2 rings (SSSR count). The standard InChI is InChI=1S/C20H19ClF2O.C10H19NO4/c1-4-14-5-7-15(8-6-14)19(24)12-18(20(3,22)23)16-9-13(2)10-17(21)11-16;1-9(2,3)14-7(12)11-8(13)15-10(4,5)6/h5-12H,4H2,1-3H3;1-6H3,(H,11,12,13)/b18-12-;. The van der Waals surface area contributed by atoms with Crippen molar-refractivity contribution in [3.8, 4) is 0 Å². The summed E-state index contributed by atoms with van der Waals surface area (Å²) in [7, 11) is 0. The smallest absolute Gasteiger partial charge is 0.417 e. The number of imide groups is 1. The van der Waals surface area contributed by atoms with Gasteiger partial charge in [0.2, 0.25) is 0 Å². The highest BCUT2D eigenvalue weighted by Crippen LogP contribution is 2.34. The van der Waals surface area contributed by atoms with Crippen LogP contribution in [0.15, 0.2) is 48.5 Å². The number of nitrogens with one attached hydrogen (secondary N) is 1. The number of allylic oxidation sites excluding steroid dienone is 2. The summed E-state index contributed by atoms with van der Waals surface area (Å²) in [6, 6.07) is 11.7. The molecule has 39 heavy (non-hydrogen) atoms. The molecule has 0 bridgehead atoms. The topological polar surface area (TPSA) is 81.7 Å². The van der Waals surface area contributed by atoms with E-state index in [0.29, 0.717) is 10.6 Å². The highest BCUT2D eigenvalue weighted by atomic mass is 35.5. The van der Waals surface area contributed by atoms with Crippen molar-refractivity contribution in [1.82, 2.24) is 5.32 Å². The van der Waals surface area contributed by atoms with Crippen LogP contribution in [0.1, 0.15) is 82.4 Å². The highest BCUT2D eigenvalue weighted by molar-refractivity contribution is 6.30. The maximum Gasteiger partial charge on any atom is 0.417 e. The number of halogens is 3. The van der Waals surface area contributed by atoms with Crippen molar-refractivity contribution in [3.05, 3.63) is 75.8 Å². The van der Waals surface area contributed by atoms with Gasteiger partial charge >= 0.3 is 12.2 Å². The first-order valence-electron chi connectivity index (χ1n) is 12.4. The molecule has 0 aliphatic rings. The van der Waals surface area contributed by atoms with Crippen molar-refractivity contribution in [1.29, 1.82) is 0 Å². The van der Waals surface area contributed by atoms with Crippen LogP contribution in [-0.2, 0) is 15.9 Å². The van der Waals surface area contributed by atoms with Crippen molar-refractivity contribution in [2.45, 2.75) is 85.9 Å². The Bertz CT molecular complexity index is 1140. The van der Waals surface area contributed by atoms with E-state index in [1.807, 2.05) is 24.4 Å². The highest BCUT2D eigenvalue weighted by Gasteiger charge is 2.30. The molecule has 0 aliphatic heterocycles. The minimum atomic E-state index is -3.16. The molecule has 0 unspecified atom stereocenters. The summed E-state index contributed by atoms with van der Waals surface area (Å²) in [5.41, 5.74) is 0.879. The molecule has 0 radical (unpaired) electrons. The Labute approximate surface area is 234 Å². The van der Waals surface area contributed by atoms with Crippen molar-refractivity contribution in [2.24, 2.45) is 0 Å². The van der Waals surface area contributed by atoms with E-state index in [-0.39, 0.29) is 11.1 Å². The fraction of sp³-hybridized carbons (Fsp3) is 0.433. The van der Waals surface area contributed by atoms with Gasteiger partial charge in [0.15, 0.2) is 5.78 Å². The van der Waals surface area contributed by atoms with Crippen LogP contribution in [0.4, 0.5) is 18.4 Å². The van der Waals surface area contributed by atoms with Gasteiger partial charge in [0.25, 0.3) is 5.92 Å². The number of ketones is 1. The SMILES string of the molecule is CC(C)(C)OC(=O)NC(=O)OC(C)(C)C.CCc1ccc(C(=O)/C=C(/c2cc(C)cc(Cl)c2)C(C)(F)F)cc1. The summed E-state index contributed by atoms with van der Waals surface area (Å²) in [5.74, 6) is -3.61. The molecule has 0 spiro atoms. The number of carbonyl (C=O) groups excluding carboxylic acids is 3. The second kappa shape index (κ2) is 13.7. The number of hydrogen-bond acceptors (Lipinski definition) is 5. The van der Waals surface area contributed by atoms with Crippen LogP contribution in [0.2, 0.25) is 5.02 Å². The van der Waals surface area contributed by atoms with Crippen LogP contribution in [0, 0.1) is 6.92 Å². The molecule has 0 aromatic heterocycles. The first-order chi connectivity index (χ1) is 17.7. The minimum absolute atomic E-state index is 0.256. The van der Waals surface area contributed by atoms with E-state index in [4.69, 9.17) is 21.1 Å². The summed E-state index contributed by atoms with van der Waals surface area (Å²) in [4.78, 5) is 34.6. The molecule has 0 aliphatic carbocycles. The molecule has 214 valence electrons. The van der Waals surface area contributed by atoms with Crippen LogP contribution >= 0.6 is 11.6 Å². The number of rotatable bonds is 5. The number of carbonyl (C=O) groups is 3. The third-order valence-corrected chi connectivity index (χ3v) is 4.97. The van der Waals surface area contributed by atoms with Crippen molar-refractivity contribution in [3.63, 3.8) is 0 Å². The van der Waals surface area contributed by atoms with Crippen molar-refractivity contribution < 1.29 is 32.6 Å². The van der Waals surface area contributed by atoms with Gasteiger partial charge in [-0.2, -0.15) is 0 Å². The summed E-state index contributed by atoms with van der Waals surface area (Å²) in [6.45, 7) is 14.8. The van der Waals surface area contributed by atoms with Gasteiger partial charge in [-0.05, 0) is 89.8 Å². The molecule has 2 amide bonds. The summed E-state index contributed by atoms with van der Waals surface area (Å²) < 4.78 is 37.9. The number of hydrogen-bond donors (Lipinski definition) is 1. The van der Waals surface area contributed by atoms with Gasteiger partial charge in [0.1, 0.15) is 11.2 Å². The van der Waals surface area contributed by atoms with Gasteiger partial charge in [-0.25, -0.2) is 23.7 Å². The van der Waals surface area contributed by atoms with Crippen LogP contribution in [0.5, 0.6) is 0 Å². The van der Waals surface area contributed by atoms with E-state index in [9.17, 15) is 23.2 Å².